The van der Waals surface area contributed by atoms with E-state index in [1.807, 2.05) is 0 Å². The molecule has 0 unspecified atom stereocenters. The van der Waals surface area contributed by atoms with E-state index in [1.165, 1.54) is 21.4 Å². The monoisotopic (exact) mass is 400 g/mol. The van der Waals surface area contributed by atoms with Gasteiger partial charge in [-0.15, -0.1) is 10.2 Å². The van der Waals surface area contributed by atoms with Crippen LogP contribution in [-0.4, -0.2) is 36.2 Å². The van der Waals surface area contributed by atoms with Gasteiger partial charge in [-0.25, -0.2) is 4.68 Å². The van der Waals surface area contributed by atoms with Crippen LogP contribution in [0.3, 0.4) is 0 Å². The molecule has 0 aliphatic carbocycles. The van der Waals surface area contributed by atoms with Crippen molar-refractivity contribution in [2.45, 2.75) is 24.8 Å². The number of methoxy groups -OCH3 is 3. The standard InChI is InChI=1S/C20H24N4O3S/c1-12-6-7-13(2)15(8-12)11-28-20-23-22-19(24(20)21)14-9-16(25-3)18(27-5)17(10-14)26-4/h6-10H,11,21H2,1-5H3. The number of hydrogen-bond acceptors (Lipinski definition) is 7. The van der Waals surface area contributed by atoms with Crippen molar-refractivity contribution < 1.29 is 14.2 Å². The molecule has 7 nitrogen and oxygen atoms in total. The molecule has 0 aliphatic heterocycles. The Balaban J connectivity index is 1.90. The summed E-state index contributed by atoms with van der Waals surface area (Å²) in [5, 5.41) is 9.14. The van der Waals surface area contributed by atoms with E-state index in [1.54, 1.807) is 45.2 Å². The SMILES string of the molecule is COc1cc(-c2nnc(SCc3cc(C)ccc3C)n2N)cc(OC)c1OC. The molecule has 0 bridgehead atoms. The van der Waals surface area contributed by atoms with Gasteiger partial charge in [-0.3, -0.25) is 0 Å². The van der Waals surface area contributed by atoms with Gasteiger partial charge >= 0.3 is 0 Å². The topological polar surface area (TPSA) is 84.4 Å². The van der Waals surface area contributed by atoms with Gasteiger partial charge in [0, 0.05) is 11.3 Å². The Morgan fingerprint density at radius 1 is 0.964 bits per heavy atom. The second-order valence-electron chi connectivity index (χ2n) is 6.31. The number of thioether (sulfide) groups is 1. The number of benzene rings is 2. The van der Waals surface area contributed by atoms with E-state index in [4.69, 9.17) is 20.1 Å². The first-order valence-electron chi connectivity index (χ1n) is 8.68. The van der Waals surface area contributed by atoms with Gasteiger partial charge in [-0.05, 0) is 37.1 Å². The smallest absolute Gasteiger partial charge is 0.210 e. The summed E-state index contributed by atoms with van der Waals surface area (Å²) in [6, 6.07) is 10.0. The molecule has 3 rings (SSSR count). The minimum Gasteiger partial charge on any atom is -0.493 e. The number of rotatable bonds is 7. The summed E-state index contributed by atoms with van der Waals surface area (Å²) < 4.78 is 17.7. The average Bonchev–Trinajstić information content (AvgIpc) is 3.07. The molecular formula is C20H24N4O3S. The zero-order chi connectivity index (χ0) is 20.3. The predicted molar refractivity (Wildman–Crippen MR) is 111 cm³/mol. The normalized spacial score (nSPS) is 10.8. The first-order chi connectivity index (χ1) is 13.5. The van der Waals surface area contributed by atoms with Crippen molar-refractivity contribution in [3.05, 3.63) is 47.0 Å². The number of nitrogen functional groups attached to an aromatic ring is 1. The third kappa shape index (κ3) is 3.87. The van der Waals surface area contributed by atoms with Crippen molar-refractivity contribution in [2.24, 2.45) is 0 Å². The van der Waals surface area contributed by atoms with Crippen LogP contribution in [0, 0.1) is 13.8 Å². The molecule has 1 heterocycles. The summed E-state index contributed by atoms with van der Waals surface area (Å²) in [7, 11) is 4.70. The van der Waals surface area contributed by atoms with Gasteiger partial charge in [-0.1, -0.05) is 35.5 Å². The van der Waals surface area contributed by atoms with Crippen LogP contribution in [-0.2, 0) is 5.75 Å². The van der Waals surface area contributed by atoms with E-state index in [0.29, 0.717) is 28.2 Å². The van der Waals surface area contributed by atoms with E-state index in [9.17, 15) is 0 Å². The van der Waals surface area contributed by atoms with Crippen molar-refractivity contribution in [1.29, 1.82) is 0 Å². The van der Waals surface area contributed by atoms with Crippen molar-refractivity contribution in [3.8, 4) is 28.6 Å². The van der Waals surface area contributed by atoms with Crippen molar-refractivity contribution >= 4 is 11.8 Å². The fraction of sp³-hybridized carbons (Fsp3) is 0.300. The van der Waals surface area contributed by atoms with E-state index < -0.39 is 0 Å². The molecule has 0 aliphatic rings. The van der Waals surface area contributed by atoms with Crippen molar-refractivity contribution in [2.75, 3.05) is 27.2 Å². The van der Waals surface area contributed by atoms with Gasteiger partial charge < -0.3 is 20.1 Å². The fourth-order valence-corrected chi connectivity index (χ4v) is 3.80. The maximum Gasteiger partial charge on any atom is 0.210 e. The van der Waals surface area contributed by atoms with Gasteiger partial charge in [-0.2, -0.15) is 0 Å². The number of aromatic nitrogens is 3. The van der Waals surface area contributed by atoms with Crippen LogP contribution >= 0.6 is 11.8 Å². The molecule has 8 heteroatoms. The van der Waals surface area contributed by atoms with Crippen LogP contribution in [0.25, 0.3) is 11.4 Å². The third-order valence-corrected chi connectivity index (χ3v) is 5.44. The lowest BCUT2D eigenvalue weighted by atomic mass is 10.1. The molecule has 2 N–H and O–H groups in total. The maximum absolute atomic E-state index is 6.28. The highest BCUT2D eigenvalue weighted by molar-refractivity contribution is 7.98. The lowest BCUT2D eigenvalue weighted by Gasteiger charge is -2.13. The van der Waals surface area contributed by atoms with Crippen LogP contribution < -0.4 is 20.1 Å². The van der Waals surface area contributed by atoms with E-state index in [2.05, 4.69) is 42.2 Å². The Bertz CT molecular complexity index is 963. The number of hydrogen-bond donors (Lipinski definition) is 1. The Morgan fingerprint density at radius 3 is 2.25 bits per heavy atom. The molecule has 0 saturated carbocycles. The Hall–Kier alpha value is -2.87. The van der Waals surface area contributed by atoms with Gasteiger partial charge in [0.15, 0.2) is 17.3 Å². The number of ether oxygens (including phenoxy) is 3. The summed E-state index contributed by atoms with van der Waals surface area (Å²) in [6.45, 7) is 4.19. The molecule has 28 heavy (non-hydrogen) atoms. The van der Waals surface area contributed by atoms with Crippen molar-refractivity contribution in [3.63, 3.8) is 0 Å². The maximum atomic E-state index is 6.28. The summed E-state index contributed by atoms with van der Waals surface area (Å²) in [5.74, 6) is 9.14. The predicted octanol–water partition coefficient (Wildman–Crippen LogP) is 3.59. The van der Waals surface area contributed by atoms with E-state index in [-0.39, 0.29) is 0 Å². The number of nitrogens with zero attached hydrogens (tertiary/aromatic N) is 3. The third-order valence-electron chi connectivity index (χ3n) is 4.45. The molecule has 2 aromatic carbocycles. The molecule has 0 fully saturated rings. The molecule has 0 amide bonds. The van der Waals surface area contributed by atoms with Crippen LogP contribution in [0.4, 0.5) is 0 Å². The molecule has 0 saturated heterocycles. The van der Waals surface area contributed by atoms with E-state index >= 15 is 0 Å². The van der Waals surface area contributed by atoms with Crippen LogP contribution in [0.5, 0.6) is 17.2 Å². The van der Waals surface area contributed by atoms with Gasteiger partial charge in [0.25, 0.3) is 0 Å². The minimum absolute atomic E-state index is 0.515. The van der Waals surface area contributed by atoms with E-state index in [0.717, 1.165) is 11.3 Å². The second kappa shape index (κ2) is 8.43. The van der Waals surface area contributed by atoms with Gasteiger partial charge in [0.05, 0.1) is 21.3 Å². The zero-order valence-electron chi connectivity index (χ0n) is 16.6. The summed E-state index contributed by atoms with van der Waals surface area (Å²) in [6.07, 6.45) is 0. The first kappa shape index (κ1) is 19.9. The number of nitrogens with two attached hydrogens (primary N) is 1. The number of aryl methyl sites for hydroxylation is 2. The van der Waals surface area contributed by atoms with Crippen LogP contribution in [0.2, 0.25) is 0 Å². The van der Waals surface area contributed by atoms with Crippen LogP contribution in [0.15, 0.2) is 35.5 Å². The largest absolute Gasteiger partial charge is 0.493 e. The average molecular weight is 401 g/mol. The molecular weight excluding hydrogens is 376 g/mol. The second-order valence-corrected chi connectivity index (χ2v) is 7.25. The Morgan fingerprint density at radius 2 is 1.64 bits per heavy atom. The molecule has 148 valence electrons. The molecule has 3 aromatic rings. The quantitative estimate of drug-likeness (QED) is 0.479. The minimum atomic E-state index is 0.515. The molecule has 0 radical (unpaired) electrons. The highest BCUT2D eigenvalue weighted by Gasteiger charge is 2.19. The fourth-order valence-electron chi connectivity index (χ4n) is 2.88. The molecule has 0 spiro atoms. The molecule has 0 atom stereocenters. The summed E-state index contributed by atoms with van der Waals surface area (Å²) in [5.41, 5.74) is 4.45. The molecule has 1 aromatic heterocycles. The Labute approximate surface area is 168 Å². The van der Waals surface area contributed by atoms with Gasteiger partial charge in [0.2, 0.25) is 10.9 Å². The highest BCUT2D eigenvalue weighted by Crippen LogP contribution is 2.41. The van der Waals surface area contributed by atoms with Crippen LogP contribution in [0.1, 0.15) is 16.7 Å². The lowest BCUT2D eigenvalue weighted by Crippen LogP contribution is -2.11. The lowest BCUT2D eigenvalue weighted by molar-refractivity contribution is 0.324. The zero-order valence-corrected chi connectivity index (χ0v) is 17.5. The summed E-state index contributed by atoms with van der Waals surface area (Å²) in [4.78, 5) is 0. The van der Waals surface area contributed by atoms with Gasteiger partial charge in [0.1, 0.15) is 0 Å². The first-order valence-corrected chi connectivity index (χ1v) is 9.66. The Kier molecular flexibility index (Phi) is 5.99. The van der Waals surface area contributed by atoms with Crippen molar-refractivity contribution in [1.82, 2.24) is 14.9 Å². The summed E-state index contributed by atoms with van der Waals surface area (Å²) >= 11 is 1.54. The highest BCUT2D eigenvalue weighted by atomic mass is 32.2.